The third kappa shape index (κ3) is 3.56. The van der Waals surface area contributed by atoms with Crippen LogP contribution in [0.5, 0.6) is 5.75 Å². The Morgan fingerprint density at radius 3 is 2.54 bits per heavy atom. The highest BCUT2D eigenvalue weighted by molar-refractivity contribution is 7.16. The summed E-state index contributed by atoms with van der Waals surface area (Å²) in [5, 5.41) is 4.09. The van der Waals surface area contributed by atoms with Crippen molar-refractivity contribution in [2.45, 2.75) is 13.8 Å². The lowest BCUT2D eigenvalue weighted by atomic mass is 10.1. The first-order valence-electron chi connectivity index (χ1n) is 8.49. The van der Waals surface area contributed by atoms with Gasteiger partial charge in [0.1, 0.15) is 11.4 Å². The molecule has 1 aromatic carbocycles. The molecule has 142 valence electrons. The molecule has 1 N–H and O–H groups in total. The Kier molecular flexibility index (Phi) is 4.97. The highest BCUT2D eigenvalue weighted by atomic mass is 32.1. The lowest BCUT2D eigenvalue weighted by Gasteiger charge is -2.02. The van der Waals surface area contributed by atoms with Crippen LogP contribution in [0.3, 0.4) is 0 Å². The van der Waals surface area contributed by atoms with Gasteiger partial charge in [-0.3, -0.25) is 10.1 Å². The molecule has 8 heteroatoms. The van der Waals surface area contributed by atoms with Crippen molar-refractivity contribution in [3.8, 4) is 27.8 Å². The smallest absolute Gasteiger partial charge is 0.277 e. The lowest BCUT2D eigenvalue weighted by molar-refractivity contribution is 0.102. The monoisotopic (exact) mass is 411 g/mol. The van der Waals surface area contributed by atoms with Crippen LogP contribution >= 0.6 is 22.7 Å². The van der Waals surface area contributed by atoms with E-state index >= 15 is 0 Å². The molecule has 1 amide bonds. The normalized spacial score (nSPS) is 10.8. The van der Waals surface area contributed by atoms with Gasteiger partial charge in [0.25, 0.3) is 5.91 Å². The van der Waals surface area contributed by atoms with Gasteiger partial charge in [-0.15, -0.1) is 22.7 Å². The zero-order valence-corrected chi connectivity index (χ0v) is 17.1. The Labute approximate surface area is 169 Å². The molecule has 0 aliphatic heterocycles. The van der Waals surface area contributed by atoms with E-state index in [1.165, 1.54) is 22.7 Å². The van der Waals surface area contributed by atoms with Crippen LogP contribution in [0.4, 0.5) is 5.13 Å². The van der Waals surface area contributed by atoms with Gasteiger partial charge in [0.2, 0.25) is 0 Å². The number of carbonyl (C=O) groups excluding carboxylic acids is 1. The van der Waals surface area contributed by atoms with Crippen LogP contribution in [0.25, 0.3) is 22.0 Å². The molecule has 0 atom stereocenters. The summed E-state index contributed by atoms with van der Waals surface area (Å²) < 4.78 is 10.6. The first-order valence-corrected chi connectivity index (χ1v) is 10.1. The molecule has 4 rings (SSSR count). The minimum absolute atomic E-state index is 0.276. The number of thiazole rings is 2. The quantitative estimate of drug-likeness (QED) is 0.475. The van der Waals surface area contributed by atoms with Crippen molar-refractivity contribution < 1.29 is 13.9 Å². The minimum Gasteiger partial charge on any atom is -0.497 e. The number of nitrogens with zero attached hydrogens (tertiary/aromatic N) is 2. The number of amides is 1. The van der Waals surface area contributed by atoms with E-state index in [1.54, 1.807) is 19.4 Å². The molecule has 0 fully saturated rings. The summed E-state index contributed by atoms with van der Waals surface area (Å²) in [5.74, 6) is 1.16. The number of anilines is 1. The summed E-state index contributed by atoms with van der Waals surface area (Å²) in [6.45, 7) is 3.85. The van der Waals surface area contributed by atoms with Gasteiger partial charge in [-0.1, -0.05) is 0 Å². The fourth-order valence-corrected chi connectivity index (χ4v) is 4.45. The Morgan fingerprint density at radius 2 is 1.86 bits per heavy atom. The third-order valence-corrected chi connectivity index (χ3v) is 6.00. The number of aryl methyl sites for hydroxylation is 2. The molecule has 28 heavy (non-hydrogen) atoms. The van der Waals surface area contributed by atoms with E-state index in [2.05, 4.69) is 15.3 Å². The van der Waals surface area contributed by atoms with Gasteiger partial charge in [-0.05, 0) is 50.2 Å². The van der Waals surface area contributed by atoms with Crippen LogP contribution in [0, 0.1) is 13.8 Å². The number of carbonyl (C=O) groups is 1. The number of ether oxygens (including phenoxy) is 1. The number of benzene rings is 1. The van der Waals surface area contributed by atoms with E-state index < -0.39 is 0 Å². The largest absolute Gasteiger partial charge is 0.497 e. The maximum absolute atomic E-state index is 12.7. The van der Waals surface area contributed by atoms with Crippen molar-refractivity contribution in [1.82, 2.24) is 9.97 Å². The summed E-state index contributed by atoms with van der Waals surface area (Å²) in [5.41, 5.74) is 2.20. The van der Waals surface area contributed by atoms with E-state index in [0.29, 0.717) is 21.6 Å². The molecule has 0 radical (unpaired) electrons. The maximum atomic E-state index is 12.7. The first kappa shape index (κ1) is 18.4. The summed E-state index contributed by atoms with van der Waals surface area (Å²) in [7, 11) is 1.63. The average molecular weight is 412 g/mol. The average Bonchev–Trinajstić information content (AvgIpc) is 3.42. The zero-order valence-electron chi connectivity index (χ0n) is 15.5. The molecular weight excluding hydrogens is 394 g/mol. The number of furan rings is 1. The summed E-state index contributed by atoms with van der Waals surface area (Å²) >= 11 is 2.86. The van der Waals surface area contributed by atoms with Gasteiger partial charge in [-0.2, -0.15) is 0 Å². The molecule has 0 spiro atoms. The number of hydrogen-bond donors (Lipinski definition) is 1. The second-order valence-electron chi connectivity index (χ2n) is 6.01. The van der Waals surface area contributed by atoms with Crippen molar-refractivity contribution in [3.63, 3.8) is 0 Å². The Balaban J connectivity index is 1.55. The highest BCUT2D eigenvalue weighted by Gasteiger charge is 2.19. The molecule has 0 saturated carbocycles. The van der Waals surface area contributed by atoms with E-state index in [-0.39, 0.29) is 5.91 Å². The molecular formula is C20H17N3O3S2. The van der Waals surface area contributed by atoms with E-state index in [9.17, 15) is 4.79 Å². The van der Waals surface area contributed by atoms with Crippen LogP contribution in [-0.4, -0.2) is 23.0 Å². The molecule has 3 heterocycles. The molecule has 0 bridgehead atoms. The van der Waals surface area contributed by atoms with Crippen LogP contribution in [0.2, 0.25) is 0 Å². The van der Waals surface area contributed by atoms with Crippen molar-refractivity contribution in [2.24, 2.45) is 0 Å². The highest BCUT2D eigenvalue weighted by Crippen LogP contribution is 2.32. The molecule has 6 nitrogen and oxygen atoms in total. The number of aromatic nitrogens is 2. The van der Waals surface area contributed by atoms with E-state index in [0.717, 1.165) is 26.8 Å². The molecule has 0 saturated heterocycles. The molecule has 0 aliphatic rings. The minimum atomic E-state index is -0.276. The number of nitrogens with one attached hydrogen (secondary N) is 1. The second-order valence-corrected chi connectivity index (χ2v) is 8.41. The Morgan fingerprint density at radius 1 is 1.07 bits per heavy atom. The van der Waals surface area contributed by atoms with Crippen LogP contribution in [-0.2, 0) is 0 Å². The van der Waals surface area contributed by atoms with Crippen molar-refractivity contribution in [3.05, 3.63) is 58.1 Å². The van der Waals surface area contributed by atoms with Crippen molar-refractivity contribution >= 4 is 33.7 Å². The van der Waals surface area contributed by atoms with Gasteiger partial charge >= 0.3 is 0 Å². The van der Waals surface area contributed by atoms with Crippen LogP contribution < -0.4 is 10.1 Å². The predicted octanol–water partition coefficient (Wildman–Crippen LogP) is 5.40. The van der Waals surface area contributed by atoms with Gasteiger partial charge in [0, 0.05) is 15.3 Å². The second kappa shape index (κ2) is 7.57. The summed E-state index contributed by atoms with van der Waals surface area (Å²) in [6, 6.07) is 11.3. The Hall–Kier alpha value is -2.97. The van der Waals surface area contributed by atoms with Gasteiger partial charge in [0.05, 0.1) is 19.1 Å². The lowest BCUT2D eigenvalue weighted by Crippen LogP contribution is -2.13. The SMILES string of the molecule is COc1ccc(-c2nc(NC(=O)c3nc(-c4ccco4)sc3C)sc2C)cc1. The zero-order chi connectivity index (χ0) is 19.7. The van der Waals surface area contributed by atoms with Crippen molar-refractivity contribution in [1.29, 1.82) is 0 Å². The number of hydrogen-bond acceptors (Lipinski definition) is 7. The predicted molar refractivity (Wildman–Crippen MR) is 111 cm³/mol. The van der Waals surface area contributed by atoms with Crippen LogP contribution in [0.1, 0.15) is 20.2 Å². The standard InChI is InChI=1S/C20H17N3O3S2/c1-11-16(13-6-8-14(25-3)9-7-13)22-20(28-11)23-18(24)17-12(2)27-19(21-17)15-5-4-10-26-15/h4-10H,1-3H3,(H,22,23,24). The first-order chi connectivity index (χ1) is 13.5. The number of methoxy groups -OCH3 is 1. The number of rotatable bonds is 5. The summed E-state index contributed by atoms with van der Waals surface area (Å²) in [4.78, 5) is 23.6. The third-order valence-electron chi connectivity index (χ3n) is 4.12. The van der Waals surface area contributed by atoms with Crippen LogP contribution in [0.15, 0.2) is 47.1 Å². The van der Waals surface area contributed by atoms with Crippen molar-refractivity contribution in [2.75, 3.05) is 12.4 Å². The molecule has 3 aromatic heterocycles. The van der Waals surface area contributed by atoms with E-state index in [4.69, 9.17) is 9.15 Å². The Bertz CT molecular complexity index is 1110. The fourth-order valence-electron chi connectivity index (χ4n) is 2.74. The molecule has 0 aliphatic carbocycles. The van der Waals surface area contributed by atoms with Gasteiger partial charge in [0.15, 0.2) is 15.9 Å². The molecule has 0 unspecified atom stereocenters. The molecule has 4 aromatic rings. The summed E-state index contributed by atoms with van der Waals surface area (Å²) in [6.07, 6.45) is 1.59. The van der Waals surface area contributed by atoms with Gasteiger partial charge < -0.3 is 9.15 Å². The maximum Gasteiger partial charge on any atom is 0.277 e. The fraction of sp³-hybridized carbons (Fsp3) is 0.150. The topological polar surface area (TPSA) is 77.2 Å². The van der Waals surface area contributed by atoms with Gasteiger partial charge in [-0.25, -0.2) is 9.97 Å². The van der Waals surface area contributed by atoms with E-state index in [1.807, 2.05) is 44.2 Å².